The second-order valence-corrected chi connectivity index (χ2v) is 5.90. The fourth-order valence-corrected chi connectivity index (χ4v) is 2.79. The number of aryl methyl sites for hydroxylation is 1. The molecule has 2 atom stereocenters. The van der Waals surface area contributed by atoms with Crippen molar-refractivity contribution in [3.8, 4) is 12.3 Å². The van der Waals surface area contributed by atoms with Crippen LogP contribution in [0.5, 0.6) is 0 Å². The Morgan fingerprint density at radius 3 is 2.17 bits per heavy atom. The molecule has 0 aliphatic heterocycles. The van der Waals surface area contributed by atoms with Gasteiger partial charge in [0.15, 0.2) is 0 Å². The quantitative estimate of drug-likeness (QED) is 0.359. The van der Waals surface area contributed by atoms with E-state index in [0.717, 1.165) is 23.1 Å². The summed E-state index contributed by atoms with van der Waals surface area (Å²) in [6, 6.07) is 14.4. The largest absolute Gasteiger partial charge is 0.392 e. The number of nitro benzene ring substituents is 1. The lowest BCUT2D eigenvalue weighted by molar-refractivity contribution is -0.384. The summed E-state index contributed by atoms with van der Waals surface area (Å²) in [6.45, 7) is 2.01. The minimum atomic E-state index is -0.595. The monoisotopic (exact) mass is 323 g/mol. The zero-order valence-corrected chi connectivity index (χ0v) is 13.7. The second-order valence-electron chi connectivity index (χ2n) is 5.90. The van der Waals surface area contributed by atoms with Crippen LogP contribution in [0.2, 0.25) is 0 Å². The highest BCUT2D eigenvalue weighted by molar-refractivity contribution is 5.40. The molecule has 0 saturated carbocycles. The fraction of sp³-hybridized carbons (Fsp3) is 0.300. The molecule has 0 aliphatic carbocycles. The highest BCUT2D eigenvalue weighted by Crippen LogP contribution is 2.31. The third-order valence-electron chi connectivity index (χ3n) is 4.11. The number of aliphatic hydroxyl groups is 1. The number of unbranched alkanes of at least 4 members (excludes halogenated alkanes) is 1. The van der Waals surface area contributed by atoms with Crippen molar-refractivity contribution in [3.63, 3.8) is 0 Å². The summed E-state index contributed by atoms with van der Waals surface area (Å²) in [5.74, 6) is 2.35. The smallest absolute Gasteiger partial charge is 0.269 e. The molecule has 0 amide bonds. The van der Waals surface area contributed by atoms with Gasteiger partial charge in [0.25, 0.3) is 5.69 Å². The molecule has 0 saturated heterocycles. The van der Waals surface area contributed by atoms with Crippen molar-refractivity contribution in [2.75, 3.05) is 0 Å². The highest BCUT2D eigenvalue weighted by Gasteiger charge is 2.23. The molecule has 0 spiro atoms. The minimum absolute atomic E-state index is 0.0447. The molecule has 2 rings (SSSR count). The Balaban J connectivity index is 2.32. The van der Waals surface area contributed by atoms with Gasteiger partial charge in [-0.2, -0.15) is 0 Å². The van der Waals surface area contributed by atoms with Crippen LogP contribution in [-0.2, 0) is 0 Å². The van der Waals surface area contributed by atoms with E-state index in [1.807, 2.05) is 31.2 Å². The molecule has 4 heteroatoms. The third kappa shape index (κ3) is 4.43. The Morgan fingerprint density at radius 1 is 1.12 bits per heavy atom. The first-order valence-electron chi connectivity index (χ1n) is 7.95. The van der Waals surface area contributed by atoms with E-state index in [9.17, 15) is 15.2 Å². The number of hydrogen-bond acceptors (Lipinski definition) is 3. The lowest BCUT2D eigenvalue weighted by Crippen LogP contribution is -2.20. The molecular weight excluding hydrogens is 302 g/mol. The molecule has 0 bridgehead atoms. The molecule has 0 aliphatic rings. The molecule has 1 N–H and O–H groups in total. The molecular formula is C20H21NO3. The van der Waals surface area contributed by atoms with Crippen LogP contribution in [0.1, 0.15) is 41.9 Å². The van der Waals surface area contributed by atoms with Gasteiger partial charge in [-0.25, -0.2) is 0 Å². The van der Waals surface area contributed by atoms with Crippen molar-refractivity contribution >= 4 is 5.69 Å². The number of non-ortho nitro benzene ring substituents is 1. The molecule has 124 valence electrons. The summed E-state index contributed by atoms with van der Waals surface area (Å²) in [5, 5.41) is 21.5. The average molecular weight is 323 g/mol. The maximum Gasteiger partial charge on any atom is 0.269 e. The van der Waals surface area contributed by atoms with E-state index in [4.69, 9.17) is 6.42 Å². The van der Waals surface area contributed by atoms with Gasteiger partial charge in [-0.15, -0.1) is 12.3 Å². The van der Waals surface area contributed by atoms with Crippen molar-refractivity contribution in [1.29, 1.82) is 0 Å². The van der Waals surface area contributed by atoms with E-state index >= 15 is 0 Å². The van der Waals surface area contributed by atoms with Crippen molar-refractivity contribution in [3.05, 3.63) is 75.3 Å². The van der Waals surface area contributed by atoms with Crippen LogP contribution < -0.4 is 0 Å². The van der Waals surface area contributed by atoms with E-state index in [0.29, 0.717) is 12.8 Å². The van der Waals surface area contributed by atoms with Gasteiger partial charge < -0.3 is 5.11 Å². The fourth-order valence-electron chi connectivity index (χ4n) is 2.79. The van der Waals surface area contributed by atoms with Gasteiger partial charge in [0.2, 0.25) is 0 Å². The number of nitrogens with zero attached hydrogens (tertiary/aromatic N) is 1. The lowest BCUT2D eigenvalue weighted by Gasteiger charge is -2.24. The molecule has 2 unspecified atom stereocenters. The molecule has 2 aromatic rings. The van der Waals surface area contributed by atoms with E-state index < -0.39 is 11.0 Å². The first-order valence-corrected chi connectivity index (χ1v) is 7.95. The number of benzene rings is 2. The van der Waals surface area contributed by atoms with Crippen LogP contribution in [0.4, 0.5) is 5.69 Å². The molecule has 4 nitrogen and oxygen atoms in total. The van der Waals surface area contributed by atoms with Crippen molar-refractivity contribution in [2.24, 2.45) is 0 Å². The van der Waals surface area contributed by atoms with E-state index in [1.54, 1.807) is 12.1 Å². The highest BCUT2D eigenvalue weighted by atomic mass is 16.6. The number of terminal acetylenes is 1. The van der Waals surface area contributed by atoms with Gasteiger partial charge in [-0.3, -0.25) is 10.1 Å². The maximum atomic E-state index is 10.8. The standard InChI is InChI=1S/C20H21NO3/c1-3-4-5-6-19(22)20(16-9-7-15(2)8-10-16)17-11-13-18(14-12-17)21(23)24/h1,7-14,19-20,22H,4-6H2,2H3. The lowest BCUT2D eigenvalue weighted by atomic mass is 9.84. The molecule has 0 radical (unpaired) electrons. The summed E-state index contributed by atoms with van der Waals surface area (Å²) >= 11 is 0. The van der Waals surface area contributed by atoms with Crippen molar-refractivity contribution < 1.29 is 10.0 Å². The Bertz CT molecular complexity index is 714. The third-order valence-corrected chi connectivity index (χ3v) is 4.11. The SMILES string of the molecule is C#CCCCC(O)C(c1ccc(C)cc1)c1ccc([N+](=O)[O-])cc1. The summed E-state index contributed by atoms with van der Waals surface area (Å²) in [4.78, 5) is 10.4. The maximum absolute atomic E-state index is 10.8. The van der Waals surface area contributed by atoms with Crippen LogP contribution in [-0.4, -0.2) is 16.1 Å². The van der Waals surface area contributed by atoms with Gasteiger partial charge in [-0.1, -0.05) is 42.0 Å². The molecule has 0 aromatic heterocycles. The van der Waals surface area contributed by atoms with Gasteiger partial charge in [-0.05, 0) is 30.9 Å². The van der Waals surface area contributed by atoms with Crippen LogP contribution in [0.25, 0.3) is 0 Å². The van der Waals surface area contributed by atoms with Gasteiger partial charge in [0.1, 0.15) is 0 Å². The predicted molar refractivity (Wildman–Crippen MR) is 94.8 cm³/mol. The van der Waals surface area contributed by atoms with E-state index in [1.165, 1.54) is 12.1 Å². The molecule has 24 heavy (non-hydrogen) atoms. The van der Waals surface area contributed by atoms with Gasteiger partial charge in [0, 0.05) is 24.5 Å². The Kier molecular flexibility index (Phi) is 6.11. The van der Waals surface area contributed by atoms with E-state index in [2.05, 4.69) is 5.92 Å². The number of nitro groups is 1. The summed E-state index contributed by atoms with van der Waals surface area (Å²) in [5.41, 5.74) is 3.03. The molecule has 0 heterocycles. The normalized spacial score (nSPS) is 13.0. The first-order chi connectivity index (χ1) is 11.5. The van der Waals surface area contributed by atoms with Crippen LogP contribution >= 0.6 is 0 Å². The van der Waals surface area contributed by atoms with Crippen molar-refractivity contribution in [2.45, 2.75) is 38.2 Å². The Morgan fingerprint density at radius 2 is 1.67 bits per heavy atom. The summed E-state index contributed by atoms with van der Waals surface area (Å²) in [6.07, 6.45) is 6.63. The number of hydrogen-bond donors (Lipinski definition) is 1. The van der Waals surface area contributed by atoms with Crippen LogP contribution in [0, 0.1) is 29.4 Å². The zero-order valence-electron chi connectivity index (χ0n) is 13.7. The van der Waals surface area contributed by atoms with Crippen molar-refractivity contribution in [1.82, 2.24) is 0 Å². The Hall–Kier alpha value is -2.64. The number of aliphatic hydroxyl groups excluding tert-OH is 1. The van der Waals surface area contributed by atoms with Gasteiger partial charge in [0.05, 0.1) is 11.0 Å². The molecule has 2 aromatic carbocycles. The summed E-state index contributed by atoms with van der Waals surface area (Å²) in [7, 11) is 0. The topological polar surface area (TPSA) is 63.4 Å². The van der Waals surface area contributed by atoms with Gasteiger partial charge >= 0.3 is 0 Å². The predicted octanol–water partition coefficient (Wildman–Crippen LogP) is 4.20. The number of rotatable bonds is 7. The van der Waals surface area contributed by atoms with Crippen LogP contribution in [0.3, 0.4) is 0 Å². The first kappa shape index (κ1) is 17.7. The summed E-state index contributed by atoms with van der Waals surface area (Å²) < 4.78 is 0. The Labute approximate surface area is 142 Å². The van der Waals surface area contributed by atoms with E-state index in [-0.39, 0.29) is 11.6 Å². The second kappa shape index (κ2) is 8.28. The average Bonchev–Trinajstić information content (AvgIpc) is 2.57. The van der Waals surface area contributed by atoms with Crippen LogP contribution in [0.15, 0.2) is 48.5 Å². The minimum Gasteiger partial charge on any atom is -0.392 e. The zero-order chi connectivity index (χ0) is 17.5. The molecule has 0 fully saturated rings.